The number of amides is 2. The van der Waals surface area contributed by atoms with Crippen molar-refractivity contribution < 1.29 is 4.79 Å². The van der Waals surface area contributed by atoms with E-state index in [0.29, 0.717) is 12.1 Å². The number of piperidine rings is 1. The molecule has 0 unspecified atom stereocenters. The number of hydrogen-bond acceptors (Lipinski definition) is 4. The SMILES string of the molecule is CC(C)N1CCN(CC2CCN(C(=O)N3CCN(C(C)C)CC3)CC2)CC1. The summed E-state index contributed by atoms with van der Waals surface area (Å²) in [5.41, 5.74) is 0. The molecule has 0 atom stereocenters. The van der Waals surface area contributed by atoms with Gasteiger partial charge in [-0.1, -0.05) is 0 Å². The van der Waals surface area contributed by atoms with E-state index in [4.69, 9.17) is 0 Å². The molecule has 6 heteroatoms. The van der Waals surface area contributed by atoms with Crippen LogP contribution in [0.1, 0.15) is 40.5 Å². The lowest BCUT2D eigenvalue weighted by molar-refractivity contribution is 0.0726. The van der Waals surface area contributed by atoms with Gasteiger partial charge in [-0.25, -0.2) is 4.79 Å². The Hall–Kier alpha value is -0.850. The lowest BCUT2D eigenvalue weighted by atomic mass is 9.96. The summed E-state index contributed by atoms with van der Waals surface area (Å²) in [6, 6.07) is 1.53. The van der Waals surface area contributed by atoms with Gasteiger partial charge in [0.25, 0.3) is 0 Å². The Kier molecular flexibility index (Phi) is 7.40. The summed E-state index contributed by atoms with van der Waals surface area (Å²) in [5, 5.41) is 0. The van der Waals surface area contributed by atoms with Crippen LogP contribution < -0.4 is 0 Å². The van der Waals surface area contributed by atoms with Crippen molar-refractivity contribution in [3.8, 4) is 0 Å². The Bertz CT molecular complexity index is 459. The van der Waals surface area contributed by atoms with Gasteiger partial charge in [-0.2, -0.15) is 0 Å². The third-order valence-electron chi connectivity index (χ3n) is 6.85. The zero-order chi connectivity index (χ0) is 19.4. The molecule has 3 aliphatic heterocycles. The third-order valence-corrected chi connectivity index (χ3v) is 6.85. The number of carbonyl (C=O) groups is 1. The molecule has 0 saturated carbocycles. The van der Waals surface area contributed by atoms with Gasteiger partial charge < -0.3 is 14.7 Å². The van der Waals surface area contributed by atoms with Crippen molar-refractivity contribution in [2.75, 3.05) is 72.0 Å². The maximum absolute atomic E-state index is 12.8. The first kappa shape index (κ1) is 20.9. The van der Waals surface area contributed by atoms with Crippen LogP contribution in [0, 0.1) is 5.92 Å². The molecule has 3 rings (SSSR count). The molecule has 0 aromatic rings. The zero-order valence-electron chi connectivity index (χ0n) is 18.1. The summed E-state index contributed by atoms with van der Waals surface area (Å²) in [6.45, 7) is 20.8. The highest BCUT2D eigenvalue weighted by Gasteiger charge is 2.30. The minimum Gasteiger partial charge on any atom is -0.325 e. The van der Waals surface area contributed by atoms with Gasteiger partial charge in [0.05, 0.1) is 0 Å². The Morgan fingerprint density at radius 3 is 1.63 bits per heavy atom. The van der Waals surface area contributed by atoms with Crippen LogP contribution in [0.3, 0.4) is 0 Å². The van der Waals surface area contributed by atoms with Gasteiger partial charge in [-0.05, 0) is 46.5 Å². The van der Waals surface area contributed by atoms with Crippen molar-refractivity contribution in [1.29, 1.82) is 0 Å². The van der Waals surface area contributed by atoms with Crippen molar-refractivity contribution in [3.05, 3.63) is 0 Å². The van der Waals surface area contributed by atoms with E-state index >= 15 is 0 Å². The van der Waals surface area contributed by atoms with E-state index in [9.17, 15) is 4.79 Å². The standard InChI is InChI=1S/C21H41N5O/c1-18(2)23-11-9-22(10-12-23)17-20-5-7-25(8-6-20)21(27)26-15-13-24(14-16-26)19(3)4/h18-20H,5-17H2,1-4H3. The molecule has 0 aromatic carbocycles. The summed E-state index contributed by atoms with van der Waals surface area (Å²) in [4.78, 5) is 24.7. The molecule has 0 aromatic heterocycles. The molecule has 27 heavy (non-hydrogen) atoms. The summed E-state index contributed by atoms with van der Waals surface area (Å²) in [7, 11) is 0. The molecule has 156 valence electrons. The fraction of sp³-hybridized carbons (Fsp3) is 0.952. The Morgan fingerprint density at radius 1 is 0.704 bits per heavy atom. The molecule has 0 spiro atoms. The second-order valence-corrected chi connectivity index (χ2v) is 9.26. The first-order valence-corrected chi connectivity index (χ1v) is 11.2. The van der Waals surface area contributed by atoms with Crippen LogP contribution in [0.15, 0.2) is 0 Å². The van der Waals surface area contributed by atoms with E-state index in [1.807, 2.05) is 0 Å². The highest BCUT2D eigenvalue weighted by atomic mass is 16.2. The molecule has 6 nitrogen and oxygen atoms in total. The Balaban J connectivity index is 1.36. The minimum atomic E-state index is 0.280. The maximum Gasteiger partial charge on any atom is 0.320 e. The zero-order valence-corrected chi connectivity index (χ0v) is 18.1. The van der Waals surface area contributed by atoms with E-state index < -0.39 is 0 Å². The summed E-state index contributed by atoms with van der Waals surface area (Å²) in [6.07, 6.45) is 2.34. The Labute approximate surface area is 166 Å². The third kappa shape index (κ3) is 5.58. The first-order valence-electron chi connectivity index (χ1n) is 11.2. The average molecular weight is 380 g/mol. The second-order valence-electron chi connectivity index (χ2n) is 9.26. The summed E-state index contributed by atoms with van der Waals surface area (Å²) < 4.78 is 0. The predicted octanol–water partition coefficient (Wildman–Crippen LogP) is 1.87. The lowest BCUT2D eigenvalue weighted by Gasteiger charge is -2.42. The molecule has 0 N–H and O–H groups in total. The molecule has 3 aliphatic rings. The van der Waals surface area contributed by atoms with E-state index in [-0.39, 0.29) is 6.03 Å². The van der Waals surface area contributed by atoms with E-state index in [2.05, 4.69) is 52.2 Å². The molecular weight excluding hydrogens is 338 g/mol. The second kappa shape index (κ2) is 9.57. The van der Waals surface area contributed by atoms with Crippen LogP contribution >= 0.6 is 0 Å². The molecule has 0 radical (unpaired) electrons. The van der Waals surface area contributed by atoms with E-state index in [1.54, 1.807) is 0 Å². The van der Waals surface area contributed by atoms with Crippen LogP contribution in [0.4, 0.5) is 4.79 Å². The van der Waals surface area contributed by atoms with Gasteiger partial charge in [0.1, 0.15) is 0 Å². The number of piperazine rings is 2. The molecule has 2 amide bonds. The van der Waals surface area contributed by atoms with Gasteiger partial charge in [-0.3, -0.25) is 9.80 Å². The lowest BCUT2D eigenvalue weighted by Crippen LogP contribution is -2.55. The number of hydrogen-bond donors (Lipinski definition) is 0. The summed E-state index contributed by atoms with van der Waals surface area (Å²) in [5.74, 6) is 0.762. The number of likely N-dealkylation sites (tertiary alicyclic amines) is 1. The van der Waals surface area contributed by atoms with Gasteiger partial charge in [-0.15, -0.1) is 0 Å². The maximum atomic E-state index is 12.8. The molecule has 3 saturated heterocycles. The predicted molar refractivity (Wildman–Crippen MR) is 111 cm³/mol. The van der Waals surface area contributed by atoms with Gasteiger partial charge in [0.2, 0.25) is 0 Å². The largest absolute Gasteiger partial charge is 0.325 e. The molecule has 0 bridgehead atoms. The first-order chi connectivity index (χ1) is 12.9. The van der Waals surface area contributed by atoms with Crippen molar-refractivity contribution in [2.24, 2.45) is 5.92 Å². The number of nitrogens with zero attached hydrogens (tertiary/aromatic N) is 5. The van der Waals surface area contributed by atoms with E-state index in [0.717, 1.165) is 45.2 Å². The average Bonchev–Trinajstić information content (AvgIpc) is 2.68. The van der Waals surface area contributed by atoms with Crippen LogP contribution in [-0.4, -0.2) is 115 Å². The molecular formula is C21H41N5O. The fourth-order valence-corrected chi connectivity index (χ4v) is 4.76. The number of urea groups is 1. The van der Waals surface area contributed by atoms with Crippen LogP contribution in [0.25, 0.3) is 0 Å². The molecule has 3 fully saturated rings. The topological polar surface area (TPSA) is 33.3 Å². The highest BCUT2D eigenvalue weighted by Crippen LogP contribution is 2.21. The monoisotopic (exact) mass is 379 g/mol. The molecule has 3 heterocycles. The van der Waals surface area contributed by atoms with Crippen molar-refractivity contribution in [3.63, 3.8) is 0 Å². The Morgan fingerprint density at radius 2 is 1.15 bits per heavy atom. The van der Waals surface area contributed by atoms with Crippen LogP contribution in [0.5, 0.6) is 0 Å². The van der Waals surface area contributed by atoms with Gasteiger partial charge >= 0.3 is 6.03 Å². The van der Waals surface area contributed by atoms with Crippen LogP contribution in [0.2, 0.25) is 0 Å². The van der Waals surface area contributed by atoms with Gasteiger partial charge in [0, 0.05) is 84.1 Å². The van der Waals surface area contributed by atoms with Gasteiger partial charge in [0.15, 0.2) is 0 Å². The number of carbonyl (C=O) groups excluding carboxylic acids is 1. The smallest absolute Gasteiger partial charge is 0.320 e. The number of rotatable bonds is 4. The molecule has 0 aliphatic carbocycles. The van der Waals surface area contributed by atoms with Crippen molar-refractivity contribution in [2.45, 2.75) is 52.6 Å². The normalized spacial score (nSPS) is 25.0. The minimum absolute atomic E-state index is 0.280. The highest BCUT2D eigenvalue weighted by molar-refractivity contribution is 5.74. The van der Waals surface area contributed by atoms with Crippen molar-refractivity contribution in [1.82, 2.24) is 24.5 Å². The van der Waals surface area contributed by atoms with E-state index in [1.165, 1.54) is 45.6 Å². The van der Waals surface area contributed by atoms with Crippen molar-refractivity contribution >= 4 is 6.03 Å². The fourth-order valence-electron chi connectivity index (χ4n) is 4.76. The quantitative estimate of drug-likeness (QED) is 0.747. The summed E-state index contributed by atoms with van der Waals surface area (Å²) >= 11 is 0. The van der Waals surface area contributed by atoms with Crippen LogP contribution in [-0.2, 0) is 0 Å².